The van der Waals surface area contributed by atoms with E-state index in [1.165, 1.54) is 11.1 Å². The van der Waals surface area contributed by atoms with Crippen molar-refractivity contribution >= 4 is 0 Å². The van der Waals surface area contributed by atoms with Crippen molar-refractivity contribution in [2.75, 3.05) is 19.7 Å². The van der Waals surface area contributed by atoms with Gasteiger partial charge >= 0.3 is 0 Å². The van der Waals surface area contributed by atoms with Gasteiger partial charge in [0.25, 0.3) is 0 Å². The summed E-state index contributed by atoms with van der Waals surface area (Å²) < 4.78 is 0. The van der Waals surface area contributed by atoms with Crippen molar-refractivity contribution in [3.63, 3.8) is 0 Å². The molecule has 30 heavy (non-hydrogen) atoms. The van der Waals surface area contributed by atoms with Gasteiger partial charge in [-0.3, -0.25) is 16.0 Å². The van der Waals surface area contributed by atoms with E-state index < -0.39 is 0 Å². The van der Waals surface area contributed by atoms with Crippen LogP contribution < -0.4 is 16.0 Å². The first-order chi connectivity index (χ1) is 14.3. The molecule has 0 bridgehead atoms. The second-order valence-corrected chi connectivity index (χ2v) is 7.13. The summed E-state index contributed by atoms with van der Waals surface area (Å²) in [6.07, 6.45) is 0.0986. The number of hydrogen-bond donors (Lipinski definition) is 4. The molecular formula is C26H31N3O. The Hall–Kier alpha value is -2.50. The Labute approximate surface area is 181 Å². The van der Waals surface area contributed by atoms with Gasteiger partial charge in [0.15, 0.2) is 0 Å². The van der Waals surface area contributed by atoms with Crippen molar-refractivity contribution in [1.29, 1.82) is 0 Å². The van der Waals surface area contributed by atoms with Crippen LogP contribution >= 0.6 is 0 Å². The third-order valence-electron chi connectivity index (χ3n) is 4.88. The van der Waals surface area contributed by atoms with Gasteiger partial charge in [0.2, 0.25) is 0 Å². The zero-order valence-corrected chi connectivity index (χ0v) is 17.2. The molecule has 1 saturated heterocycles. The predicted octanol–water partition coefficient (Wildman–Crippen LogP) is 3.85. The van der Waals surface area contributed by atoms with Crippen molar-refractivity contribution < 1.29 is 5.11 Å². The summed E-state index contributed by atoms with van der Waals surface area (Å²) in [6, 6.07) is 30.2. The third-order valence-corrected chi connectivity index (χ3v) is 4.88. The van der Waals surface area contributed by atoms with E-state index in [1.54, 1.807) is 0 Å². The highest BCUT2D eigenvalue weighted by Gasteiger charge is 2.22. The highest BCUT2D eigenvalue weighted by Crippen LogP contribution is 2.19. The van der Waals surface area contributed by atoms with Crippen molar-refractivity contribution in [3.05, 3.63) is 122 Å². The van der Waals surface area contributed by atoms with Crippen LogP contribution in [-0.4, -0.2) is 24.8 Å². The lowest BCUT2D eigenvalue weighted by atomic mass is 10.1. The van der Waals surface area contributed by atoms with Gasteiger partial charge in [-0.05, 0) is 23.6 Å². The van der Waals surface area contributed by atoms with Crippen molar-refractivity contribution in [3.8, 4) is 0 Å². The first kappa shape index (κ1) is 23.8. The van der Waals surface area contributed by atoms with E-state index in [-0.39, 0.29) is 32.3 Å². The normalized spacial score (nSPS) is 21.2. The zero-order valence-electron chi connectivity index (χ0n) is 17.2. The molecule has 3 aromatic rings. The van der Waals surface area contributed by atoms with Gasteiger partial charge in [-0.2, -0.15) is 0 Å². The minimum atomic E-state index is 0. The maximum atomic E-state index is 9.52. The van der Waals surface area contributed by atoms with Crippen molar-refractivity contribution in [2.24, 2.45) is 5.92 Å². The lowest BCUT2D eigenvalue weighted by Gasteiger charge is -2.33. The fourth-order valence-electron chi connectivity index (χ4n) is 3.23. The van der Waals surface area contributed by atoms with Gasteiger partial charge < -0.3 is 5.11 Å². The van der Waals surface area contributed by atoms with Crippen molar-refractivity contribution in [2.45, 2.75) is 12.3 Å². The van der Waals surface area contributed by atoms with Crippen LogP contribution in [-0.2, 0) is 0 Å². The van der Waals surface area contributed by atoms with E-state index in [0.717, 1.165) is 18.7 Å². The number of aliphatic hydroxyl groups is 1. The van der Waals surface area contributed by atoms with Crippen LogP contribution in [0.15, 0.2) is 91.0 Å². The molecule has 2 atom stereocenters. The lowest BCUT2D eigenvalue weighted by Crippen LogP contribution is -2.49. The summed E-state index contributed by atoms with van der Waals surface area (Å²) in [4.78, 5) is 0. The standard InChI is InChI=1S/C18H23N3O.C7H6.CH2/c22-13-14-11-19-17(15-7-3-1-4-8-15)21-18(20-12-14)16-9-5-2-6-10-16;1-7-5-3-2-4-6-7;/h1-10,14,17-22H,11-13H2;1-6H;1H2. The first-order valence-corrected chi connectivity index (χ1v) is 10.0. The van der Waals surface area contributed by atoms with Crippen LogP contribution in [0.4, 0.5) is 0 Å². The fraction of sp³-hybridized carbons (Fsp3) is 0.231. The van der Waals surface area contributed by atoms with Gasteiger partial charge in [0.05, 0.1) is 12.3 Å². The van der Waals surface area contributed by atoms with Crippen LogP contribution in [0.1, 0.15) is 29.0 Å². The summed E-state index contributed by atoms with van der Waals surface area (Å²) in [5.41, 5.74) is 3.22. The lowest BCUT2D eigenvalue weighted by molar-refractivity contribution is 0.186. The fourth-order valence-corrected chi connectivity index (χ4v) is 3.23. The quantitative estimate of drug-likeness (QED) is 0.539. The molecule has 1 aliphatic rings. The van der Waals surface area contributed by atoms with Gasteiger partial charge in [-0.1, -0.05) is 98.4 Å². The molecule has 0 spiro atoms. The summed E-state index contributed by atoms with van der Waals surface area (Å²) in [7, 11) is 0. The van der Waals surface area contributed by atoms with E-state index in [1.807, 2.05) is 66.7 Å². The molecule has 2 unspecified atom stereocenters. The monoisotopic (exact) mass is 401 g/mol. The van der Waals surface area contributed by atoms with E-state index >= 15 is 0 Å². The van der Waals surface area contributed by atoms with Gasteiger partial charge in [0.1, 0.15) is 0 Å². The molecule has 0 aliphatic carbocycles. The summed E-state index contributed by atoms with van der Waals surface area (Å²) in [5, 5.41) is 20.2. The Bertz CT molecular complexity index is 762. The molecule has 156 valence electrons. The van der Waals surface area contributed by atoms with E-state index in [2.05, 4.69) is 40.2 Å². The Morgan fingerprint density at radius 1 is 0.700 bits per heavy atom. The molecule has 0 aromatic heterocycles. The molecule has 0 amide bonds. The Morgan fingerprint density at radius 2 is 1.10 bits per heavy atom. The second-order valence-electron chi connectivity index (χ2n) is 7.13. The molecule has 0 saturated carbocycles. The molecular weight excluding hydrogens is 370 g/mol. The van der Waals surface area contributed by atoms with Crippen LogP contribution in [0.3, 0.4) is 0 Å². The summed E-state index contributed by atoms with van der Waals surface area (Å²) in [6.45, 7) is 7.09. The molecule has 1 heterocycles. The highest BCUT2D eigenvalue weighted by atomic mass is 16.3. The molecule has 3 aromatic carbocycles. The topological polar surface area (TPSA) is 56.3 Å². The first-order valence-electron chi connectivity index (χ1n) is 10.0. The Kier molecular flexibility index (Phi) is 10.3. The average Bonchev–Trinajstić information content (AvgIpc) is 2.76. The summed E-state index contributed by atoms with van der Waals surface area (Å²) in [5.74, 6) is 0.208. The van der Waals surface area contributed by atoms with Gasteiger partial charge in [-0.25, -0.2) is 0 Å². The number of aliphatic hydroxyl groups excluding tert-OH is 1. The predicted molar refractivity (Wildman–Crippen MR) is 123 cm³/mol. The molecule has 4 rings (SSSR count). The van der Waals surface area contributed by atoms with E-state index in [0.29, 0.717) is 0 Å². The molecule has 4 N–H and O–H groups in total. The molecule has 1 fully saturated rings. The SMILES string of the molecule is OCC1CNC(c2ccccc2)NC(c2ccccc2)NC1.[CH2].[CH]c1ccccc1. The molecule has 4 heteroatoms. The van der Waals surface area contributed by atoms with Crippen LogP contribution in [0.2, 0.25) is 0 Å². The van der Waals surface area contributed by atoms with Crippen LogP contribution in [0.25, 0.3) is 0 Å². The Balaban J connectivity index is 0.000000341. The number of benzene rings is 3. The van der Waals surface area contributed by atoms with Gasteiger partial charge in [0, 0.05) is 25.6 Å². The van der Waals surface area contributed by atoms with Crippen molar-refractivity contribution in [1.82, 2.24) is 16.0 Å². The van der Waals surface area contributed by atoms with Crippen LogP contribution in [0.5, 0.6) is 0 Å². The average molecular weight is 402 g/mol. The third kappa shape index (κ3) is 7.39. The smallest absolute Gasteiger partial charge is 0.0850 e. The minimum absolute atomic E-state index is 0. The largest absolute Gasteiger partial charge is 0.396 e. The van der Waals surface area contributed by atoms with E-state index in [4.69, 9.17) is 6.92 Å². The maximum Gasteiger partial charge on any atom is 0.0850 e. The molecule has 4 radical (unpaired) electrons. The number of rotatable bonds is 3. The molecule has 1 aliphatic heterocycles. The Morgan fingerprint density at radius 3 is 1.43 bits per heavy atom. The van der Waals surface area contributed by atoms with Crippen LogP contribution in [0, 0.1) is 20.3 Å². The molecule has 4 nitrogen and oxygen atoms in total. The maximum absolute atomic E-state index is 9.52. The second kappa shape index (κ2) is 12.9. The highest BCUT2D eigenvalue weighted by molar-refractivity contribution is 5.22. The minimum Gasteiger partial charge on any atom is -0.396 e. The van der Waals surface area contributed by atoms with E-state index in [9.17, 15) is 5.11 Å². The number of nitrogens with one attached hydrogen (secondary N) is 3. The summed E-state index contributed by atoms with van der Waals surface area (Å²) >= 11 is 0. The number of hydrogen-bond acceptors (Lipinski definition) is 4. The zero-order chi connectivity index (χ0) is 20.3. The van der Waals surface area contributed by atoms with Gasteiger partial charge in [-0.15, -0.1) is 0 Å².